The van der Waals surface area contributed by atoms with Crippen molar-refractivity contribution >= 4 is 34.0 Å². The molecule has 0 fully saturated rings. The summed E-state index contributed by atoms with van der Waals surface area (Å²) in [5.74, 6) is -3.15. The van der Waals surface area contributed by atoms with Crippen LogP contribution in [-0.4, -0.2) is 38.0 Å². The average Bonchev–Trinajstić information content (AvgIpc) is 2.73. The van der Waals surface area contributed by atoms with Crippen LogP contribution in [0.4, 0.5) is 11.4 Å². The summed E-state index contributed by atoms with van der Waals surface area (Å²) >= 11 is 0. The number of rotatable bonds is 8. The summed E-state index contributed by atoms with van der Waals surface area (Å²) in [4.78, 5) is 44.2. The SMILES string of the molecule is O=C(Cc1ccc2ccccc2c1)N[C@@H](Cc1cc([N+](=O)[O-])c(O)c([N+](=O)[O-])c1)C(=O)O. The van der Waals surface area contributed by atoms with E-state index in [-0.39, 0.29) is 12.0 Å². The van der Waals surface area contributed by atoms with E-state index in [0.29, 0.717) is 5.56 Å². The smallest absolute Gasteiger partial charge is 0.326 e. The molecule has 11 nitrogen and oxygen atoms in total. The Morgan fingerprint density at radius 1 is 0.906 bits per heavy atom. The standard InChI is InChI=1S/C21H17N3O8/c25-19(11-12-5-6-14-3-1-2-4-15(14)7-12)22-16(21(27)28)8-13-9-17(23(29)30)20(26)18(10-13)24(31)32/h1-7,9-10,16,26H,8,11H2,(H,22,25)(H,27,28)/t16-/m0/s1. The van der Waals surface area contributed by atoms with E-state index < -0.39 is 51.3 Å². The zero-order valence-corrected chi connectivity index (χ0v) is 16.4. The highest BCUT2D eigenvalue weighted by molar-refractivity contribution is 5.87. The highest BCUT2D eigenvalue weighted by Gasteiger charge is 2.29. The molecule has 32 heavy (non-hydrogen) atoms. The lowest BCUT2D eigenvalue weighted by Gasteiger charge is -2.15. The number of carbonyl (C=O) groups excluding carboxylic acids is 1. The van der Waals surface area contributed by atoms with Gasteiger partial charge in [0.25, 0.3) is 5.75 Å². The number of carboxylic acid groups (broad SMARTS) is 1. The topological polar surface area (TPSA) is 173 Å². The van der Waals surface area contributed by atoms with Crippen molar-refractivity contribution in [3.05, 3.63) is 86.0 Å². The second kappa shape index (κ2) is 9.08. The zero-order chi connectivity index (χ0) is 23.4. The Labute approximate surface area is 180 Å². The number of nitro groups is 2. The lowest BCUT2D eigenvalue weighted by atomic mass is 10.0. The summed E-state index contributed by atoms with van der Waals surface area (Å²) in [6, 6.07) is 13.1. The molecule has 0 saturated heterocycles. The molecule has 3 aromatic rings. The molecule has 0 bridgehead atoms. The van der Waals surface area contributed by atoms with Crippen LogP contribution in [0.3, 0.4) is 0 Å². The van der Waals surface area contributed by atoms with Crippen molar-refractivity contribution in [2.24, 2.45) is 0 Å². The minimum atomic E-state index is -1.49. The number of nitro benzene ring substituents is 2. The zero-order valence-electron chi connectivity index (χ0n) is 16.4. The number of nitrogens with zero attached hydrogens (tertiary/aromatic N) is 2. The van der Waals surface area contributed by atoms with Crippen LogP contribution < -0.4 is 5.32 Å². The van der Waals surface area contributed by atoms with Gasteiger partial charge in [-0.15, -0.1) is 0 Å². The molecule has 3 rings (SSSR count). The Morgan fingerprint density at radius 2 is 1.50 bits per heavy atom. The molecule has 1 amide bonds. The van der Waals surface area contributed by atoms with Crippen LogP contribution in [0, 0.1) is 20.2 Å². The van der Waals surface area contributed by atoms with Crippen molar-refractivity contribution in [2.75, 3.05) is 0 Å². The van der Waals surface area contributed by atoms with Gasteiger partial charge in [0.05, 0.1) is 16.3 Å². The van der Waals surface area contributed by atoms with E-state index in [9.17, 15) is 40.0 Å². The van der Waals surface area contributed by atoms with Gasteiger partial charge in [-0.05, 0) is 21.9 Å². The Morgan fingerprint density at radius 3 is 2.06 bits per heavy atom. The largest absolute Gasteiger partial charge is 0.497 e. The van der Waals surface area contributed by atoms with Gasteiger partial charge in [-0.1, -0.05) is 42.5 Å². The van der Waals surface area contributed by atoms with Gasteiger partial charge in [-0.25, -0.2) is 4.79 Å². The number of hydrogen-bond acceptors (Lipinski definition) is 7. The average molecular weight is 439 g/mol. The first-order valence-electron chi connectivity index (χ1n) is 9.30. The van der Waals surface area contributed by atoms with Gasteiger partial charge >= 0.3 is 17.3 Å². The van der Waals surface area contributed by atoms with Gasteiger partial charge in [0.2, 0.25) is 5.91 Å². The summed E-state index contributed by atoms with van der Waals surface area (Å²) in [7, 11) is 0. The summed E-state index contributed by atoms with van der Waals surface area (Å²) in [6.45, 7) is 0. The number of aromatic hydroxyl groups is 1. The number of benzene rings is 3. The molecule has 0 aliphatic heterocycles. The van der Waals surface area contributed by atoms with Crippen molar-refractivity contribution in [3.63, 3.8) is 0 Å². The Kier molecular flexibility index (Phi) is 6.29. The van der Waals surface area contributed by atoms with E-state index >= 15 is 0 Å². The molecular weight excluding hydrogens is 422 g/mol. The molecule has 0 aliphatic carbocycles. The minimum absolute atomic E-state index is 0.0976. The molecule has 0 saturated carbocycles. The van der Waals surface area contributed by atoms with Crippen molar-refractivity contribution in [1.82, 2.24) is 5.32 Å². The maximum Gasteiger partial charge on any atom is 0.326 e. The van der Waals surface area contributed by atoms with Gasteiger partial charge in [0, 0.05) is 18.6 Å². The number of fused-ring (bicyclic) bond motifs is 1. The van der Waals surface area contributed by atoms with E-state index in [0.717, 1.165) is 22.9 Å². The molecule has 0 heterocycles. The van der Waals surface area contributed by atoms with E-state index in [1.54, 1.807) is 12.1 Å². The molecule has 0 radical (unpaired) electrons. The first kappa shape index (κ1) is 22.2. The summed E-state index contributed by atoms with van der Waals surface area (Å²) in [5, 5.41) is 45.6. The molecule has 0 spiro atoms. The number of nitrogens with one attached hydrogen (secondary N) is 1. The Hall–Kier alpha value is -4.54. The molecule has 164 valence electrons. The second-order valence-electron chi connectivity index (χ2n) is 7.02. The van der Waals surface area contributed by atoms with E-state index in [4.69, 9.17) is 0 Å². The van der Waals surface area contributed by atoms with Crippen molar-refractivity contribution in [2.45, 2.75) is 18.9 Å². The second-order valence-corrected chi connectivity index (χ2v) is 7.02. The van der Waals surface area contributed by atoms with Gasteiger partial charge in [-0.2, -0.15) is 0 Å². The normalized spacial score (nSPS) is 11.6. The van der Waals surface area contributed by atoms with Crippen molar-refractivity contribution in [3.8, 4) is 5.75 Å². The van der Waals surface area contributed by atoms with Gasteiger partial charge in [0.15, 0.2) is 0 Å². The van der Waals surface area contributed by atoms with E-state index in [2.05, 4.69) is 5.32 Å². The van der Waals surface area contributed by atoms with Crippen LogP contribution in [0.5, 0.6) is 5.75 Å². The van der Waals surface area contributed by atoms with Crippen LogP contribution in [0.25, 0.3) is 10.8 Å². The maximum absolute atomic E-state index is 12.4. The van der Waals surface area contributed by atoms with Gasteiger partial charge < -0.3 is 15.5 Å². The number of hydrogen-bond donors (Lipinski definition) is 3. The third-order valence-corrected chi connectivity index (χ3v) is 4.77. The van der Waals surface area contributed by atoms with Crippen LogP contribution in [-0.2, 0) is 22.4 Å². The predicted molar refractivity (Wildman–Crippen MR) is 112 cm³/mol. The highest BCUT2D eigenvalue weighted by atomic mass is 16.6. The molecule has 1 atom stereocenters. The van der Waals surface area contributed by atoms with Crippen LogP contribution >= 0.6 is 0 Å². The molecule has 3 aromatic carbocycles. The van der Waals surface area contributed by atoms with Gasteiger partial charge in [0.1, 0.15) is 6.04 Å². The number of phenols is 1. The third kappa shape index (κ3) is 4.95. The molecular formula is C21H17N3O8. The molecule has 0 unspecified atom stereocenters. The quantitative estimate of drug-likeness (QED) is 0.355. The summed E-state index contributed by atoms with van der Waals surface area (Å²) in [6.07, 6.45) is -0.564. The van der Waals surface area contributed by atoms with Crippen molar-refractivity contribution in [1.29, 1.82) is 0 Å². The number of aliphatic carboxylic acids is 1. The fraction of sp³-hybridized carbons (Fsp3) is 0.143. The molecule has 0 aromatic heterocycles. The number of carboxylic acids is 1. The molecule has 3 N–H and O–H groups in total. The van der Waals surface area contributed by atoms with Gasteiger partial charge in [-0.3, -0.25) is 25.0 Å². The maximum atomic E-state index is 12.4. The summed E-state index contributed by atoms with van der Waals surface area (Å²) < 4.78 is 0. The fourth-order valence-electron chi connectivity index (χ4n) is 3.27. The first-order chi connectivity index (χ1) is 15.2. The van der Waals surface area contributed by atoms with Crippen LogP contribution in [0.1, 0.15) is 11.1 Å². The van der Waals surface area contributed by atoms with Crippen LogP contribution in [0.15, 0.2) is 54.6 Å². The lowest BCUT2D eigenvalue weighted by Crippen LogP contribution is -2.43. The monoisotopic (exact) mass is 439 g/mol. The highest BCUT2D eigenvalue weighted by Crippen LogP contribution is 2.37. The number of phenolic OH excluding ortho intramolecular Hbond substituents is 1. The molecule has 0 aliphatic rings. The number of carbonyl (C=O) groups is 2. The Balaban J connectivity index is 1.79. The lowest BCUT2D eigenvalue weighted by molar-refractivity contribution is -0.396. The predicted octanol–water partition coefficient (Wildman–Crippen LogP) is 2.72. The van der Waals surface area contributed by atoms with E-state index in [1.165, 1.54) is 0 Å². The number of amides is 1. The Bertz CT molecular complexity index is 1210. The first-order valence-corrected chi connectivity index (χ1v) is 9.30. The molecule has 11 heteroatoms. The third-order valence-electron chi connectivity index (χ3n) is 4.77. The fourth-order valence-corrected chi connectivity index (χ4v) is 3.27. The van der Waals surface area contributed by atoms with Crippen molar-refractivity contribution < 1.29 is 29.6 Å². The minimum Gasteiger partial charge on any atom is -0.497 e. The van der Waals surface area contributed by atoms with Crippen LogP contribution in [0.2, 0.25) is 0 Å². The van der Waals surface area contributed by atoms with E-state index in [1.807, 2.05) is 30.3 Å². The summed E-state index contributed by atoms with van der Waals surface area (Å²) in [5.41, 5.74) is -1.30.